The van der Waals surface area contributed by atoms with E-state index < -0.39 is 0 Å². The standard InChI is InChI=1S/C20H15FN2O2S/c21-15-6-8-16(9-7-15)25-11-10-23-13-22-18-17(12-26-19(18)20(23)24)14-4-2-1-3-5-14/h1-9,12-13H,10-11H2. The van der Waals surface area contributed by atoms with E-state index in [1.165, 1.54) is 28.0 Å². The molecule has 4 aromatic rings. The van der Waals surface area contributed by atoms with Gasteiger partial charge >= 0.3 is 0 Å². The van der Waals surface area contributed by atoms with Gasteiger partial charge < -0.3 is 4.74 Å². The number of aromatic nitrogens is 2. The van der Waals surface area contributed by atoms with Gasteiger partial charge in [0.05, 0.1) is 18.4 Å². The van der Waals surface area contributed by atoms with Gasteiger partial charge in [-0.15, -0.1) is 11.3 Å². The summed E-state index contributed by atoms with van der Waals surface area (Å²) in [5.41, 5.74) is 2.66. The summed E-state index contributed by atoms with van der Waals surface area (Å²) in [6, 6.07) is 15.7. The third-order valence-electron chi connectivity index (χ3n) is 4.05. The number of halogens is 1. The van der Waals surface area contributed by atoms with Crippen LogP contribution in [0.25, 0.3) is 21.3 Å². The Bertz CT molecular complexity index is 1090. The number of hydrogen-bond donors (Lipinski definition) is 0. The average molecular weight is 366 g/mol. The molecule has 0 atom stereocenters. The zero-order valence-corrected chi connectivity index (χ0v) is 14.6. The summed E-state index contributed by atoms with van der Waals surface area (Å²) in [6.45, 7) is 0.674. The third kappa shape index (κ3) is 3.23. The summed E-state index contributed by atoms with van der Waals surface area (Å²) in [5, 5.41) is 1.97. The highest BCUT2D eigenvalue weighted by molar-refractivity contribution is 7.17. The highest BCUT2D eigenvalue weighted by Gasteiger charge is 2.12. The van der Waals surface area contributed by atoms with E-state index in [1.54, 1.807) is 18.5 Å². The SMILES string of the molecule is O=c1c2scc(-c3ccccc3)c2ncn1CCOc1ccc(F)cc1. The smallest absolute Gasteiger partial charge is 0.271 e. The van der Waals surface area contributed by atoms with Crippen molar-refractivity contribution in [3.8, 4) is 16.9 Å². The monoisotopic (exact) mass is 366 g/mol. The molecule has 0 unspecified atom stereocenters. The summed E-state index contributed by atoms with van der Waals surface area (Å²) in [4.78, 5) is 17.2. The van der Waals surface area contributed by atoms with Crippen LogP contribution in [0.15, 0.2) is 71.1 Å². The largest absolute Gasteiger partial charge is 0.492 e. The first-order valence-electron chi connectivity index (χ1n) is 8.13. The fourth-order valence-corrected chi connectivity index (χ4v) is 3.69. The van der Waals surface area contributed by atoms with Crippen LogP contribution in [0, 0.1) is 5.82 Å². The molecule has 0 spiro atoms. The normalized spacial score (nSPS) is 11.0. The van der Waals surface area contributed by atoms with Gasteiger partial charge in [-0.25, -0.2) is 9.37 Å². The van der Waals surface area contributed by atoms with Crippen LogP contribution in [0.3, 0.4) is 0 Å². The Hall–Kier alpha value is -2.99. The molecule has 4 nitrogen and oxygen atoms in total. The van der Waals surface area contributed by atoms with Gasteiger partial charge in [0.15, 0.2) is 0 Å². The molecule has 0 saturated carbocycles. The van der Waals surface area contributed by atoms with Crippen molar-refractivity contribution in [3.05, 3.63) is 82.5 Å². The lowest BCUT2D eigenvalue weighted by Gasteiger charge is -2.08. The molecule has 130 valence electrons. The number of ether oxygens (including phenoxy) is 1. The Morgan fingerprint density at radius 2 is 1.85 bits per heavy atom. The Balaban J connectivity index is 1.55. The van der Waals surface area contributed by atoms with E-state index >= 15 is 0 Å². The van der Waals surface area contributed by atoms with Crippen LogP contribution in [0.5, 0.6) is 5.75 Å². The minimum Gasteiger partial charge on any atom is -0.492 e. The van der Waals surface area contributed by atoms with Crippen LogP contribution in [0.4, 0.5) is 4.39 Å². The second-order valence-corrected chi connectivity index (χ2v) is 6.62. The maximum absolute atomic E-state index is 12.9. The average Bonchev–Trinajstić information content (AvgIpc) is 3.11. The molecule has 0 radical (unpaired) electrons. The first-order chi connectivity index (χ1) is 12.7. The lowest BCUT2D eigenvalue weighted by atomic mass is 10.1. The van der Waals surface area contributed by atoms with Crippen molar-refractivity contribution in [1.29, 1.82) is 0 Å². The maximum Gasteiger partial charge on any atom is 0.271 e. The van der Waals surface area contributed by atoms with Crippen LogP contribution in [-0.4, -0.2) is 16.2 Å². The van der Waals surface area contributed by atoms with Crippen molar-refractivity contribution in [3.63, 3.8) is 0 Å². The molecular weight excluding hydrogens is 351 g/mol. The van der Waals surface area contributed by atoms with Gasteiger partial charge in [-0.2, -0.15) is 0 Å². The Morgan fingerprint density at radius 1 is 1.08 bits per heavy atom. The molecule has 0 saturated heterocycles. The van der Waals surface area contributed by atoms with E-state index in [1.807, 2.05) is 35.7 Å². The summed E-state index contributed by atoms with van der Waals surface area (Å²) < 4.78 is 20.6. The highest BCUT2D eigenvalue weighted by atomic mass is 32.1. The van der Waals surface area contributed by atoms with Crippen molar-refractivity contribution in [2.24, 2.45) is 0 Å². The van der Waals surface area contributed by atoms with E-state index in [-0.39, 0.29) is 11.4 Å². The molecule has 2 heterocycles. The number of thiophene rings is 1. The first-order valence-corrected chi connectivity index (χ1v) is 9.01. The predicted molar refractivity (Wildman–Crippen MR) is 101 cm³/mol. The molecule has 4 rings (SSSR count). The summed E-state index contributed by atoms with van der Waals surface area (Å²) in [7, 11) is 0. The zero-order valence-electron chi connectivity index (χ0n) is 13.8. The van der Waals surface area contributed by atoms with Gasteiger partial charge in [0.1, 0.15) is 22.9 Å². The van der Waals surface area contributed by atoms with E-state index in [9.17, 15) is 9.18 Å². The van der Waals surface area contributed by atoms with Crippen molar-refractivity contribution in [2.75, 3.05) is 6.61 Å². The summed E-state index contributed by atoms with van der Waals surface area (Å²) in [5.74, 6) is 0.256. The highest BCUT2D eigenvalue weighted by Crippen LogP contribution is 2.30. The van der Waals surface area contributed by atoms with Gasteiger partial charge in [-0.1, -0.05) is 30.3 Å². The minimum absolute atomic E-state index is 0.0788. The number of fused-ring (bicyclic) bond motifs is 1. The van der Waals surface area contributed by atoms with Gasteiger partial charge in [0.25, 0.3) is 5.56 Å². The first kappa shape index (κ1) is 16.5. The lowest BCUT2D eigenvalue weighted by molar-refractivity contribution is 0.295. The maximum atomic E-state index is 12.9. The molecular formula is C20H15FN2O2S. The second kappa shape index (κ2) is 7.09. The van der Waals surface area contributed by atoms with Gasteiger partial charge in [0, 0.05) is 10.9 Å². The topological polar surface area (TPSA) is 44.1 Å². The van der Waals surface area contributed by atoms with E-state index in [0.717, 1.165) is 16.6 Å². The Morgan fingerprint density at radius 3 is 2.62 bits per heavy atom. The Labute approximate surface area is 153 Å². The molecule has 0 N–H and O–H groups in total. The number of nitrogens with zero attached hydrogens (tertiary/aromatic N) is 2. The Kier molecular flexibility index (Phi) is 4.50. The van der Waals surface area contributed by atoms with Crippen LogP contribution >= 0.6 is 11.3 Å². The van der Waals surface area contributed by atoms with Crippen LogP contribution < -0.4 is 10.3 Å². The van der Waals surface area contributed by atoms with Crippen LogP contribution in [0.2, 0.25) is 0 Å². The van der Waals surface area contributed by atoms with E-state index in [4.69, 9.17) is 4.74 Å². The van der Waals surface area contributed by atoms with Gasteiger partial charge in [-0.3, -0.25) is 9.36 Å². The number of hydrogen-bond acceptors (Lipinski definition) is 4. The molecule has 0 amide bonds. The fraction of sp³-hybridized carbons (Fsp3) is 0.100. The molecule has 0 aliphatic rings. The summed E-state index contributed by atoms with van der Waals surface area (Å²) in [6.07, 6.45) is 1.55. The van der Waals surface area contributed by atoms with Gasteiger partial charge in [-0.05, 0) is 29.8 Å². The molecule has 6 heteroatoms. The van der Waals surface area contributed by atoms with Gasteiger partial charge in [0.2, 0.25) is 0 Å². The molecule has 2 aromatic heterocycles. The van der Waals surface area contributed by atoms with Crippen molar-refractivity contribution < 1.29 is 9.13 Å². The second-order valence-electron chi connectivity index (χ2n) is 5.74. The van der Waals surface area contributed by atoms with Crippen molar-refractivity contribution in [1.82, 2.24) is 9.55 Å². The quantitative estimate of drug-likeness (QED) is 0.528. The number of rotatable bonds is 5. The lowest BCUT2D eigenvalue weighted by Crippen LogP contribution is -2.22. The van der Waals surface area contributed by atoms with E-state index in [0.29, 0.717) is 23.6 Å². The predicted octanol–water partition coefficient (Wildman–Crippen LogP) is 4.34. The van der Waals surface area contributed by atoms with Crippen LogP contribution in [0.1, 0.15) is 0 Å². The molecule has 0 aliphatic heterocycles. The third-order valence-corrected chi connectivity index (χ3v) is 5.00. The molecule has 0 fully saturated rings. The molecule has 2 aromatic carbocycles. The van der Waals surface area contributed by atoms with E-state index in [2.05, 4.69) is 4.98 Å². The molecule has 0 bridgehead atoms. The number of benzene rings is 2. The van der Waals surface area contributed by atoms with Crippen LogP contribution in [-0.2, 0) is 6.54 Å². The zero-order chi connectivity index (χ0) is 17.9. The van der Waals surface area contributed by atoms with Crippen molar-refractivity contribution in [2.45, 2.75) is 6.54 Å². The van der Waals surface area contributed by atoms with Crippen molar-refractivity contribution >= 4 is 21.6 Å². The molecule has 26 heavy (non-hydrogen) atoms. The summed E-state index contributed by atoms with van der Waals surface area (Å²) >= 11 is 1.40. The molecule has 0 aliphatic carbocycles. The minimum atomic E-state index is -0.310. The fourth-order valence-electron chi connectivity index (χ4n) is 2.72.